The van der Waals surface area contributed by atoms with Crippen LogP contribution in [0, 0.1) is 0 Å². The van der Waals surface area contributed by atoms with E-state index >= 15 is 0 Å². The molecule has 1 fully saturated rings. The lowest BCUT2D eigenvalue weighted by Gasteiger charge is -2.33. The maximum absolute atomic E-state index is 10.3. The Kier molecular flexibility index (Phi) is 4.78. The Labute approximate surface area is 110 Å². The number of aryl methyl sites for hydroxylation is 1. The van der Waals surface area contributed by atoms with Crippen molar-refractivity contribution in [2.45, 2.75) is 57.2 Å². The first-order chi connectivity index (χ1) is 8.66. The molecule has 0 aliphatic heterocycles. The second-order valence-electron chi connectivity index (χ2n) is 5.56. The van der Waals surface area contributed by atoms with Crippen LogP contribution in [0.3, 0.4) is 0 Å². The van der Waals surface area contributed by atoms with E-state index in [0.29, 0.717) is 6.04 Å². The largest absolute Gasteiger partial charge is 0.391 e. The van der Waals surface area contributed by atoms with Gasteiger partial charge in [-0.1, -0.05) is 25.7 Å². The van der Waals surface area contributed by atoms with Gasteiger partial charge in [-0.2, -0.15) is 5.10 Å². The standard InChI is InChI=1S/C14H25N3O/c1-16(10-12-9-15-17(2)11-12)13-7-5-3-4-6-8-14(13)18/h9,11,13-14,18H,3-8,10H2,1-2H3. The molecule has 1 aromatic rings. The molecule has 4 heteroatoms. The molecule has 2 atom stereocenters. The number of aliphatic hydroxyl groups is 1. The zero-order valence-electron chi connectivity index (χ0n) is 11.5. The van der Waals surface area contributed by atoms with Crippen LogP contribution >= 0.6 is 0 Å². The van der Waals surface area contributed by atoms with Crippen LogP contribution in [0.25, 0.3) is 0 Å². The van der Waals surface area contributed by atoms with Gasteiger partial charge in [0.05, 0.1) is 12.3 Å². The fourth-order valence-corrected chi connectivity index (χ4v) is 2.92. The predicted octanol–water partition coefficient (Wildman–Crippen LogP) is 1.94. The van der Waals surface area contributed by atoms with Crippen molar-refractivity contribution in [3.8, 4) is 0 Å². The lowest BCUT2D eigenvalue weighted by molar-refractivity contribution is 0.0407. The fraction of sp³-hybridized carbons (Fsp3) is 0.786. The Bertz CT molecular complexity index is 364. The average molecular weight is 251 g/mol. The van der Waals surface area contributed by atoms with E-state index in [2.05, 4.69) is 17.0 Å². The number of aliphatic hydroxyl groups excluding tert-OH is 1. The Balaban J connectivity index is 1.94. The molecule has 0 radical (unpaired) electrons. The maximum atomic E-state index is 10.3. The highest BCUT2D eigenvalue weighted by Crippen LogP contribution is 2.22. The molecular weight excluding hydrogens is 226 g/mol. The molecule has 1 aromatic heterocycles. The zero-order chi connectivity index (χ0) is 13.0. The lowest BCUT2D eigenvalue weighted by atomic mass is 9.93. The molecule has 2 unspecified atom stereocenters. The van der Waals surface area contributed by atoms with Crippen molar-refractivity contribution >= 4 is 0 Å². The number of likely N-dealkylation sites (N-methyl/N-ethyl adjacent to an activating group) is 1. The van der Waals surface area contributed by atoms with Gasteiger partial charge in [-0.3, -0.25) is 9.58 Å². The van der Waals surface area contributed by atoms with Crippen LogP contribution < -0.4 is 0 Å². The minimum absolute atomic E-state index is 0.174. The molecule has 102 valence electrons. The third-order valence-corrected chi connectivity index (χ3v) is 3.95. The first kappa shape index (κ1) is 13.6. The van der Waals surface area contributed by atoms with Crippen LogP contribution in [0.2, 0.25) is 0 Å². The molecule has 0 amide bonds. The van der Waals surface area contributed by atoms with Crippen LogP contribution in [0.5, 0.6) is 0 Å². The smallest absolute Gasteiger partial charge is 0.0695 e. The van der Waals surface area contributed by atoms with E-state index in [-0.39, 0.29) is 6.10 Å². The van der Waals surface area contributed by atoms with E-state index in [4.69, 9.17) is 0 Å². The molecule has 1 N–H and O–H groups in total. The van der Waals surface area contributed by atoms with Gasteiger partial charge in [-0.25, -0.2) is 0 Å². The van der Waals surface area contributed by atoms with E-state index in [1.807, 2.05) is 24.1 Å². The summed E-state index contributed by atoms with van der Waals surface area (Å²) < 4.78 is 1.83. The molecule has 1 saturated carbocycles. The first-order valence-corrected chi connectivity index (χ1v) is 7.02. The zero-order valence-corrected chi connectivity index (χ0v) is 11.5. The van der Waals surface area contributed by atoms with Crippen molar-refractivity contribution in [2.75, 3.05) is 7.05 Å². The number of hydrogen-bond donors (Lipinski definition) is 1. The molecular formula is C14H25N3O. The number of nitrogens with zero attached hydrogens (tertiary/aromatic N) is 3. The van der Waals surface area contributed by atoms with Crippen LogP contribution in [0.1, 0.15) is 44.1 Å². The summed E-state index contributed by atoms with van der Waals surface area (Å²) >= 11 is 0. The second kappa shape index (κ2) is 6.34. The van der Waals surface area contributed by atoms with Gasteiger partial charge in [0.2, 0.25) is 0 Å². The van der Waals surface area contributed by atoms with Crippen molar-refractivity contribution < 1.29 is 5.11 Å². The van der Waals surface area contributed by atoms with Gasteiger partial charge in [-0.15, -0.1) is 0 Å². The summed E-state index contributed by atoms with van der Waals surface area (Å²) in [7, 11) is 4.05. The molecule has 0 aromatic carbocycles. The van der Waals surface area contributed by atoms with E-state index in [0.717, 1.165) is 19.4 Å². The maximum Gasteiger partial charge on any atom is 0.0695 e. The van der Waals surface area contributed by atoms with Crippen LogP contribution in [0.15, 0.2) is 12.4 Å². The van der Waals surface area contributed by atoms with Crippen LogP contribution in [-0.2, 0) is 13.6 Å². The van der Waals surface area contributed by atoms with Gasteiger partial charge in [0.15, 0.2) is 0 Å². The van der Waals surface area contributed by atoms with Gasteiger partial charge in [0, 0.05) is 31.4 Å². The summed E-state index contributed by atoms with van der Waals surface area (Å²) in [6.07, 6.45) is 10.8. The Morgan fingerprint density at radius 2 is 2.06 bits per heavy atom. The number of aromatic nitrogens is 2. The summed E-state index contributed by atoms with van der Waals surface area (Å²) in [6.45, 7) is 0.871. The molecule has 0 saturated heterocycles. The highest BCUT2D eigenvalue weighted by Gasteiger charge is 2.24. The molecule has 18 heavy (non-hydrogen) atoms. The molecule has 1 aliphatic carbocycles. The molecule has 1 heterocycles. The normalized spacial score (nSPS) is 26.0. The quantitative estimate of drug-likeness (QED) is 0.892. The third-order valence-electron chi connectivity index (χ3n) is 3.95. The minimum atomic E-state index is -0.174. The van der Waals surface area contributed by atoms with Crippen molar-refractivity contribution in [2.24, 2.45) is 7.05 Å². The average Bonchev–Trinajstić information content (AvgIpc) is 2.69. The van der Waals surface area contributed by atoms with Crippen LogP contribution in [-0.4, -0.2) is 39.0 Å². The van der Waals surface area contributed by atoms with E-state index in [9.17, 15) is 5.11 Å². The SMILES string of the molecule is CN(Cc1cnn(C)c1)C1CCCCCCC1O. The molecule has 2 rings (SSSR count). The molecule has 1 aliphatic rings. The topological polar surface area (TPSA) is 41.3 Å². The summed E-state index contributed by atoms with van der Waals surface area (Å²) in [5.41, 5.74) is 1.22. The molecule has 4 nitrogen and oxygen atoms in total. The van der Waals surface area contributed by atoms with Crippen molar-refractivity contribution in [1.82, 2.24) is 14.7 Å². The summed E-state index contributed by atoms with van der Waals surface area (Å²) in [5.74, 6) is 0. The van der Waals surface area contributed by atoms with E-state index < -0.39 is 0 Å². The number of hydrogen-bond acceptors (Lipinski definition) is 3. The summed E-state index contributed by atoms with van der Waals surface area (Å²) in [4.78, 5) is 2.28. The third kappa shape index (κ3) is 3.56. The van der Waals surface area contributed by atoms with Crippen molar-refractivity contribution in [3.05, 3.63) is 18.0 Å². The highest BCUT2D eigenvalue weighted by atomic mass is 16.3. The summed E-state index contributed by atoms with van der Waals surface area (Å²) in [6, 6.07) is 0.297. The fourth-order valence-electron chi connectivity index (χ4n) is 2.92. The molecule has 0 spiro atoms. The van der Waals surface area contributed by atoms with Gasteiger partial charge in [-0.05, 0) is 19.9 Å². The predicted molar refractivity (Wildman–Crippen MR) is 72.2 cm³/mol. The van der Waals surface area contributed by atoms with Crippen molar-refractivity contribution in [3.63, 3.8) is 0 Å². The first-order valence-electron chi connectivity index (χ1n) is 7.02. The van der Waals surface area contributed by atoms with Gasteiger partial charge >= 0.3 is 0 Å². The Morgan fingerprint density at radius 3 is 2.72 bits per heavy atom. The molecule has 0 bridgehead atoms. The Hall–Kier alpha value is -0.870. The second-order valence-corrected chi connectivity index (χ2v) is 5.56. The van der Waals surface area contributed by atoms with E-state index in [1.165, 1.54) is 31.2 Å². The number of rotatable bonds is 3. The van der Waals surface area contributed by atoms with Crippen molar-refractivity contribution in [1.29, 1.82) is 0 Å². The van der Waals surface area contributed by atoms with Gasteiger partial charge in [0.1, 0.15) is 0 Å². The van der Waals surface area contributed by atoms with Crippen LogP contribution in [0.4, 0.5) is 0 Å². The highest BCUT2D eigenvalue weighted by molar-refractivity contribution is 5.03. The monoisotopic (exact) mass is 251 g/mol. The summed E-state index contributed by atoms with van der Waals surface area (Å²) in [5, 5.41) is 14.5. The van der Waals surface area contributed by atoms with E-state index in [1.54, 1.807) is 0 Å². The van der Waals surface area contributed by atoms with Gasteiger partial charge < -0.3 is 5.11 Å². The Morgan fingerprint density at radius 1 is 1.33 bits per heavy atom. The van der Waals surface area contributed by atoms with Gasteiger partial charge in [0.25, 0.3) is 0 Å². The minimum Gasteiger partial charge on any atom is -0.391 e. The lowest BCUT2D eigenvalue weighted by Crippen LogP contribution is -2.41.